The maximum absolute atomic E-state index is 13.3. The molecule has 0 aliphatic heterocycles. The predicted octanol–water partition coefficient (Wildman–Crippen LogP) is 4.54. The van der Waals surface area contributed by atoms with Crippen LogP contribution in [0.4, 0.5) is 4.39 Å². The van der Waals surface area contributed by atoms with Crippen molar-refractivity contribution in [3.05, 3.63) is 70.5 Å². The molecule has 3 heteroatoms. The topological polar surface area (TPSA) is 26.0 Å². The molecular weight excluding hydrogens is 273 g/mol. The number of nitrogens with two attached hydrogens (primary N) is 1. The van der Waals surface area contributed by atoms with Crippen LogP contribution in [0, 0.1) is 5.82 Å². The van der Waals surface area contributed by atoms with Crippen molar-refractivity contribution in [1.82, 2.24) is 0 Å². The van der Waals surface area contributed by atoms with E-state index in [1.165, 1.54) is 17.7 Å². The van der Waals surface area contributed by atoms with E-state index in [1.807, 2.05) is 18.2 Å². The van der Waals surface area contributed by atoms with Gasteiger partial charge in [-0.3, -0.25) is 0 Å². The fourth-order valence-electron chi connectivity index (χ4n) is 2.58. The first kappa shape index (κ1) is 15.0. The smallest absolute Gasteiger partial charge is 0.123 e. The molecule has 0 saturated carbocycles. The third kappa shape index (κ3) is 3.59. The van der Waals surface area contributed by atoms with Gasteiger partial charge in [-0.15, -0.1) is 0 Å². The van der Waals surface area contributed by atoms with Crippen LogP contribution in [0.3, 0.4) is 0 Å². The molecule has 1 nitrogen and oxygen atoms in total. The van der Waals surface area contributed by atoms with Crippen molar-refractivity contribution < 1.29 is 4.39 Å². The quantitative estimate of drug-likeness (QED) is 0.860. The van der Waals surface area contributed by atoms with Crippen LogP contribution in [0.5, 0.6) is 0 Å². The SMILES string of the molecule is CCC(c1ccccc1)C(N)Cc1cc(F)ccc1Cl. The highest BCUT2D eigenvalue weighted by atomic mass is 35.5. The van der Waals surface area contributed by atoms with E-state index in [4.69, 9.17) is 17.3 Å². The van der Waals surface area contributed by atoms with E-state index in [0.717, 1.165) is 12.0 Å². The van der Waals surface area contributed by atoms with Crippen LogP contribution in [0.1, 0.15) is 30.4 Å². The average Bonchev–Trinajstić information content (AvgIpc) is 2.45. The zero-order valence-electron chi connectivity index (χ0n) is 11.5. The molecule has 20 heavy (non-hydrogen) atoms. The largest absolute Gasteiger partial charge is 0.327 e. The Hall–Kier alpha value is -1.38. The summed E-state index contributed by atoms with van der Waals surface area (Å²) in [7, 11) is 0. The summed E-state index contributed by atoms with van der Waals surface area (Å²) in [6, 6.07) is 14.5. The van der Waals surface area contributed by atoms with Crippen molar-refractivity contribution in [2.24, 2.45) is 5.73 Å². The van der Waals surface area contributed by atoms with Gasteiger partial charge in [-0.2, -0.15) is 0 Å². The Morgan fingerprint density at radius 3 is 2.50 bits per heavy atom. The molecule has 2 atom stereocenters. The normalized spacial score (nSPS) is 14.0. The number of hydrogen-bond donors (Lipinski definition) is 1. The summed E-state index contributed by atoms with van der Waals surface area (Å²) in [6.07, 6.45) is 1.52. The second-order valence-corrected chi connectivity index (χ2v) is 5.44. The lowest BCUT2D eigenvalue weighted by Gasteiger charge is -2.23. The minimum atomic E-state index is -0.274. The van der Waals surface area contributed by atoms with Crippen LogP contribution >= 0.6 is 11.6 Å². The van der Waals surface area contributed by atoms with E-state index in [-0.39, 0.29) is 17.8 Å². The number of hydrogen-bond acceptors (Lipinski definition) is 1. The van der Waals surface area contributed by atoms with Crippen LogP contribution in [0.2, 0.25) is 5.02 Å². The lowest BCUT2D eigenvalue weighted by Crippen LogP contribution is -2.30. The molecule has 0 radical (unpaired) electrons. The number of halogens is 2. The average molecular weight is 292 g/mol. The van der Waals surface area contributed by atoms with Crippen LogP contribution in [0.15, 0.2) is 48.5 Å². The molecule has 2 aromatic carbocycles. The van der Waals surface area contributed by atoms with Crippen LogP contribution < -0.4 is 5.73 Å². The van der Waals surface area contributed by atoms with Crippen LogP contribution in [-0.4, -0.2) is 6.04 Å². The van der Waals surface area contributed by atoms with Crippen molar-refractivity contribution >= 4 is 11.6 Å². The third-order valence-corrected chi connectivity index (χ3v) is 4.02. The van der Waals surface area contributed by atoms with E-state index < -0.39 is 0 Å². The molecule has 0 saturated heterocycles. The summed E-state index contributed by atoms with van der Waals surface area (Å²) in [6.45, 7) is 2.12. The van der Waals surface area contributed by atoms with Gasteiger partial charge in [-0.05, 0) is 48.1 Å². The first-order chi connectivity index (χ1) is 9.61. The molecule has 2 unspecified atom stereocenters. The Kier molecular flexibility index (Phi) is 5.16. The highest BCUT2D eigenvalue weighted by Crippen LogP contribution is 2.26. The van der Waals surface area contributed by atoms with Crippen LogP contribution in [-0.2, 0) is 6.42 Å². The Morgan fingerprint density at radius 1 is 1.15 bits per heavy atom. The summed E-state index contributed by atoms with van der Waals surface area (Å²) < 4.78 is 13.3. The number of rotatable bonds is 5. The van der Waals surface area contributed by atoms with Gasteiger partial charge in [0.05, 0.1) is 0 Å². The molecular formula is C17H19ClFN. The first-order valence-corrected chi connectivity index (χ1v) is 7.24. The van der Waals surface area contributed by atoms with Crippen molar-refractivity contribution in [3.8, 4) is 0 Å². The number of benzene rings is 2. The highest BCUT2D eigenvalue weighted by molar-refractivity contribution is 6.31. The Balaban J connectivity index is 2.17. The molecule has 106 valence electrons. The molecule has 0 aliphatic rings. The van der Waals surface area contributed by atoms with Crippen molar-refractivity contribution in [2.75, 3.05) is 0 Å². The van der Waals surface area contributed by atoms with E-state index in [1.54, 1.807) is 6.07 Å². The zero-order chi connectivity index (χ0) is 14.5. The summed E-state index contributed by atoms with van der Waals surface area (Å²) in [5, 5.41) is 0.574. The van der Waals surface area contributed by atoms with Gasteiger partial charge in [-0.1, -0.05) is 48.9 Å². The third-order valence-electron chi connectivity index (χ3n) is 3.65. The van der Waals surface area contributed by atoms with E-state index in [9.17, 15) is 4.39 Å². The summed E-state index contributed by atoms with van der Waals surface area (Å²) in [5.74, 6) is -0.0279. The Labute approximate surface area is 124 Å². The van der Waals surface area contributed by atoms with E-state index in [2.05, 4.69) is 19.1 Å². The minimum absolute atomic E-state index is 0.0818. The monoisotopic (exact) mass is 291 g/mol. The van der Waals surface area contributed by atoms with Gasteiger partial charge < -0.3 is 5.73 Å². The van der Waals surface area contributed by atoms with E-state index in [0.29, 0.717) is 11.4 Å². The van der Waals surface area contributed by atoms with E-state index >= 15 is 0 Å². The van der Waals surface area contributed by atoms with Crippen molar-refractivity contribution in [3.63, 3.8) is 0 Å². The van der Waals surface area contributed by atoms with Gasteiger partial charge in [0.15, 0.2) is 0 Å². The first-order valence-electron chi connectivity index (χ1n) is 6.86. The molecule has 0 aliphatic carbocycles. The highest BCUT2D eigenvalue weighted by Gasteiger charge is 2.19. The molecule has 2 N–H and O–H groups in total. The minimum Gasteiger partial charge on any atom is -0.327 e. The predicted molar refractivity (Wildman–Crippen MR) is 82.6 cm³/mol. The van der Waals surface area contributed by atoms with Gasteiger partial charge in [-0.25, -0.2) is 4.39 Å². The van der Waals surface area contributed by atoms with Gasteiger partial charge in [0.2, 0.25) is 0 Å². The van der Waals surface area contributed by atoms with Crippen LogP contribution in [0.25, 0.3) is 0 Å². The fraction of sp³-hybridized carbons (Fsp3) is 0.294. The molecule has 0 spiro atoms. The zero-order valence-corrected chi connectivity index (χ0v) is 12.3. The summed E-state index contributed by atoms with van der Waals surface area (Å²) in [4.78, 5) is 0. The Morgan fingerprint density at radius 2 is 1.85 bits per heavy atom. The van der Waals surface area contributed by atoms with Crippen molar-refractivity contribution in [1.29, 1.82) is 0 Å². The summed E-state index contributed by atoms with van der Waals surface area (Å²) in [5.41, 5.74) is 8.32. The van der Waals surface area contributed by atoms with Gasteiger partial charge in [0, 0.05) is 11.1 Å². The molecule has 2 aromatic rings. The molecule has 0 bridgehead atoms. The molecule has 0 aromatic heterocycles. The lowest BCUT2D eigenvalue weighted by atomic mass is 9.86. The van der Waals surface area contributed by atoms with Gasteiger partial charge in [0.25, 0.3) is 0 Å². The standard InChI is InChI=1S/C17H19ClFN/c1-2-15(12-6-4-3-5-7-12)17(20)11-13-10-14(19)8-9-16(13)18/h3-10,15,17H,2,11,20H2,1H3. The maximum Gasteiger partial charge on any atom is 0.123 e. The second kappa shape index (κ2) is 6.87. The molecule has 0 heterocycles. The molecule has 0 fully saturated rings. The Bertz CT molecular complexity index is 556. The van der Waals surface area contributed by atoms with Crippen molar-refractivity contribution in [2.45, 2.75) is 31.7 Å². The second-order valence-electron chi connectivity index (χ2n) is 5.03. The summed E-state index contributed by atoms with van der Waals surface area (Å²) >= 11 is 6.11. The van der Waals surface area contributed by atoms with Gasteiger partial charge >= 0.3 is 0 Å². The molecule has 2 rings (SSSR count). The van der Waals surface area contributed by atoms with Gasteiger partial charge in [0.1, 0.15) is 5.82 Å². The fourth-order valence-corrected chi connectivity index (χ4v) is 2.78. The maximum atomic E-state index is 13.3. The lowest BCUT2D eigenvalue weighted by molar-refractivity contribution is 0.513. The molecule has 0 amide bonds.